The molecule has 3 rings (SSSR count). The van der Waals surface area contributed by atoms with Crippen LogP contribution in [0.25, 0.3) is 0 Å². The van der Waals surface area contributed by atoms with Gasteiger partial charge in [-0.15, -0.1) is 0 Å². The lowest BCUT2D eigenvalue weighted by Crippen LogP contribution is -2.02. The number of nitrogens with one attached hydrogen (secondary N) is 1. The van der Waals surface area contributed by atoms with E-state index in [-0.39, 0.29) is 5.69 Å². The Labute approximate surface area is 127 Å². The fraction of sp³-hybridized carbons (Fsp3) is 0.0588. The molecular weight excluding hydrogens is 284 g/mol. The number of alkyl halides is 2. The zero-order valence-electron chi connectivity index (χ0n) is 12.5. The zero-order valence-corrected chi connectivity index (χ0v) is 11.5. The van der Waals surface area contributed by atoms with Crippen molar-refractivity contribution in [3.8, 4) is 0 Å². The topological polar surface area (TPSA) is 41.0 Å². The minimum absolute atomic E-state index is 0.00212. The van der Waals surface area contributed by atoms with Crippen LogP contribution in [0.2, 0.25) is 1.41 Å². The number of aromatic amines is 1. The van der Waals surface area contributed by atoms with Crippen LogP contribution < -0.4 is 0 Å². The Kier molecular flexibility index (Phi) is 3.69. The van der Waals surface area contributed by atoms with Gasteiger partial charge in [-0.3, -0.25) is 5.09 Å². The van der Waals surface area contributed by atoms with E-state index in [0.29, 0.717) is 10.8 Å². The normalized spacial score (nSPS) is 11.3. The number of hydrogen-bond acceptors (Lipinski definition) is 2. The van der Waals surface area contributed by atoms with Gasteiger partial charge in [0.05, 0.1) is 5.71 Å². The van der Waals surface area contributed by atoms with Crippen molar-refractivity contribution in [1.29, 1.82) is 0 Å². The second kappa shape index (κ2) is 6.30. The first-order valence-electron chi connectivity index (χ1n) is 7.16. The Bertz CT molecular complexity index is 773. The van der Waals surface area contributed by atoms with Crippen LogP contribution in [0.1, 0.15) is 23.2 Å². The van der Waals surface area contributed by atoms with Gasteiger partial charge in [-0.05, 0) is 0 Å². The van der Waals surface area contributed by atoms with Crippen molar-refractivity contribution in [2.24, 2.45) is 4.99 Å². The summed E-state index contributed by atoms with van der Waals surface area (Å²) in [5, 5.41) is 4.08. The Morgan fingerprint density at radius 3 is 2.05 bits per heavy atom. The van der Waals surface area contributed by atoms with Crippen LogP contribution in [0, 0.1) is 0 Å². The SMILES string of the molecule is [2H]n1cc(N=C(c2ccccc2)c2ccccc2)c(C(F)F)n1. The van der Waals surface area contributed by atoms with Gasteiger partial charge in [0, 0.05) is 17.3 Å². The van der Waals surface area contributed by atoms with Crippen molar-refractivity contribution in [3.63, 3.8) is 0 Å². The highest BCUT2D eigenvalue weighted by Gasteiger charge is 2.17. The molecule has 0 aliphatic rings. The van der Waals surface area contributed by atoms with Crippen molar-refractivity contribution >= 4 is 11.4 Å². The molecule has 0 radical (unpaired) electrons. The third-order valence-corrected chi connectivity index (χ3v) is 3.14. The summed E-state index contributed by atoms with van der Waals surface area (Å²) >= 11 is 0. The lowest BCUT2D eigenvalue weighted by molar-refractivity contribution is 0.146. The molecule has 0 aliphatic carbocycles. The summed E-state index contributed by atoms with van der Waals surface area (Å²) in [5.41, 5.74) is 1.66. The maximum Gasteiger partial charge on any atom is 0.284 e. The summed E-state index contributed by atoms with van der Waals surface area (Å²) in [7, 11) is 0. The number of hydrogen-bond donors (Lipinski definition) is 1. The summed E-state index contributed by atoms with van der Waals surface area (Å²) in [6.07, 6.45) is -1.61. The van der Waals surface area contributed by atoms with E-state index in [9.17, 15) is 8.78 Å². The first-order valence-corrected chi connectivity index (χ1v) is 6.71. The van der Waals surface area contributed by atoms with Crippen LogP contribution in [0.15, 0.2) is 71.9 Å². The number of H-pyrrole nitrogens is 1. The quantitative estimate of drug-likeness (QED) is 0.707. The molecule has 0 bridgehead atoms. The molecule has 2 aromatic carbocycles. The maximum atomic E-state index is 13.1. The molecule has 1 aromatic heterocycles. The van der Waals surface area contributed by atoms with Gasteiger partial charge in [0.1, 0.15) is 5.69 Å². The van der Waals surface area contributed by atoms with E-state index >= 15 is 0 Å². The van der Waals surface area contributed by atoms with Crippen molar-refractivity contribution in [2.45, 2.75) is 6.43 Å². The molecule has 110 valence electrons. The Balaban J connectivity index is 2.17. The van der Waals surface area contributed by atoms with Gasteiger partial charge in [0.15, 0.2) is 7.11 Å². The number of aliphatic imine (C=N–C) groups is 1. The summed E-state index contributed by atoms with van der Waals surface area (Å²) in [6, 6.07) is 18.6. The van der Waals surface area contributed by atoms with Gasteiger partial charge in [0.25, 0.3) is 6.43 Å². The maximum absolute atomic E-state index is 13.1. The standard InChI is InChI=1S/C17H13F2N3/c18-17(19)16-14(11-20-22-16)21-15(12-7-3-1-4-8-12)13-9-5-2-6-10-13/h1-11,17H,(H,20,22)/i/hD. The molecule has 0 saturated carbocycles. The molecule has 3 nitrogen and oxygen atoms in total. The van der Waals surface area contributed by atoms with E-state index < -0.39 is 12.1 Å². The highest BCUT2D eigenvalue weighted by atomic mass is 19.3. The highest BCUT2D eigenvalue weighted by Crippen LogP contribution is 2.28. The predicted molar refractivity (Wildman–Crippen MR) is 81.7 cm³/mol. The van der Waals surface area contributed by atoms with Crippen LogP contribution in [0.5, 0.6) is 0 Å². The fourth-order valence-corrected chi connectivity index (χ4v) is 2.11. The molecule has 0 amide bonds. The van der Waals surface area contributed by atoms with E-state index in [1.807, 2.05) is 60.7 Å². The molecule has 0 fully saturated rings. The zero-order chi connectivity index (χ0) is 16.2. The smallest absolute Gasteiger partial charge is 0.283 e. The Morgan fingerprint density at radius 2 is 1.55 bits per heavy atom. The van der Waals surface area contributed by atoms with Gasteiger partial charge in [0.2, 0.25) is 0 Å². The molecule has 1 heterocycles. The number of aromatic nitrogens is 2. The Morgan fingerprint density at radius 1 is 1.00 bits per heavy atom. The molecule has 0 aliphatic heterocycles. The van der Waals surface area contributed by atoms with Crippen molar-refractivity contribution in [3.05, 3.63) is 83.7 Å². The van der Waals surface area contributed by atoms with Crippen LogP contribution in [-0.2, 0) is 0 Å². The van der Waals surface area contributed by atoms with E-state index in [4.69, 9.17) is 1.41 Å². The third-order valence-electron chi connectivity index (χ3n) is 3.14. The van der Waals surface area contributed by atoms with Gasteiger partial charge in [-0.25, -0.2) is 13.8 Å². The van der Waals surface area contributed by atoms with Crippen LogP contribution in [0.3, 0.4) is 0 Å². The summed E-state index contributed by atoms with van der Waals surface area (Å²) < 4.78 is 33.5. The first kappa shape index (κ1) is 12.9. The van der Waals surface area contributed by atoms with E-state index in [2.05, 4.69) is 10.1 Å². The van der Waals surface area contributed by atoms with E-state index in [1.54, 1.807) is 0 Å². The molecule has 0 unspecified atom stereocenters. The van der Waals surface area contributed by atoms with Gasteiger partial charge in [-0.1, -0.05) is 60.7 Å². The minimum Gasteiger partial charge on any atom is -0.283 e. The van der Waals surface area contributed by atoms with E-state index in [1.165, 1.54) is 6.20 Å². The number of halogens is 2. The fourth-order valence-electron chi connectivity index (χ4n) is 2.11. The van der Waals surface area contributed by atoms with Gasteiger partial charge in [-0.2, -0.15) is 5.10 Å². The second-order valence-corrected chi connectivity index (χ2v) is 4.61. The molecule has 1 N–H and O–H groups in total. The summed E-state index contributed by atoms with van der Waals surface area (Å²) in [5.74, 6) is 0. The number of benzene rings is 2. The van der Waals surface area contributed by atoms with Gasteiger partial charge >= 0.3 is 0 Å². The summed E-state index contributed by atoms with van der Waals surface area (Å²) in [4.78, 5) is 4.37. The van der Waals surface area contributed by atoms with Crippen molar-refractivity contribution in [1.82, 2.24) is 10.2 Å². The Hall–Kier alpha value is -2.82. The van der Waals surface area contributed by atoms with Crippen LogP contribution in [0.4, 0.5) is 14.5 Å². The molecule has 0 spiro atoms. The average molecular weight is 298 g/mol. The molecule has 5 heteroatoms. The molecule has 22 heavy (non-hydrogen) atoms. The van der Waals surface area contributed by atoms with Crippen molar-refractivity contribution < 1.29 is 10.2 Å². The highest BCUT2D eigenvalue weighted by molar-refractivity contribution is 6.13. The predicted octanol–water partition coefficient (Wildman–Crippen LogP) is 4.52. The monoisotopic (exact) mass is 298 g/mol. The van der Waals surface area contributed by atoms with Crippen molar-refractivity contribution in [2.75, 3.05) is 0 Å². The largest absolute Gasteiger partial charge is 0.284 e. The molecule has 0 atom stereocenters. The average Bonchev–Trinajstić information content (AvgIpc) is 2.95. The minimum atomic E-state index is -2.78. The van der Waals surface area contributed by atoms with Gasteiger partial charge < -0.3 is 0 Å². The second-order valence-electron chi connectivity index (χ2n) is 4.61. The van der Waals surface area contributed by atoms with E-state index in [0.717, 1.165) is 11.1 Å². The lowest BCUT2D eigenvalue weighted by Gasteiger charge is -2.07. The molecule has 3 aromatic rings. The van der Waals surface area contributed by atoms with Crippen LogP contribution in [-0.4, -0.2) is 15.9 Å². The number of nitrogens with zero attached hydrogens (tertiary/aromatic N) is 2. The molecular formula is C17H13F2N3. The van der Waals surface area contributed by atoms with Crippen LogP contribution >= 0.6 is 0 Å². The molecule has 0 saturated heterocycles. The third kappa shape index (κ3) is 2.93. The number of rotatable bonds is 4. The lowest BCUT2D eigenvalue weighted by atomic mass is 10.0. The first-order chi connectivity index (χ1) is 11.1. The summed E-state index contributed by atoms with van der Waals surface area (Å²) in [6.45, 7) is 0.